The molecule has 1 heterocycles. The Bertz CT molecular complexity index is 1810. The molecular formula is C27H28F3NO4PSSi2-. The van der Waals surface area contributed by atoms with Gasteiger partial charge < -0.3 is 12.9 Å². The molecule has 5 rings (SSSR count). The summed E-state index contributed by atoms with van der Waals surface area (Å²) in [5, 5.41) is 6.68. The van der Waals surface area contributed by atoms with Gasteiger partial charge in [-0.1, -0.05) is 99.9 Å². The summed E-state index contributed by atoms with van der Waals surface area (Å²) in [6.07, 6.45) is 0. The quantitative estimate of drug-likeness (QED) is 0.192. The third-order valence-electron chi connectivity index (χ3n) is 6.67. The zero-order chi connectivity index (χ0) is 28.5. The summed E-state index contributed by atoms with van der Waals surface area (Å²) in [6, 6.07) is 19.6. The van der Waals surface area contributed by atoms with E-state index in [9.17, 15) is 21.6 Å². The maximum atomic E-state index is 13.5. The van der Waals surface area contributed by atoms with E-state index >= 15 is 0 Å². The maximum absolute atomic E-state index is 13.5. The first-order valence-corrected chi connectivity index (χ1v) is 21.9. The third-order valence-corrected chi connectivity index (χ3v) is 13.3. The summed E-state index contributed by atoms with van der Waals surface area (Å²) in [7, 11) is -13.2. The Labute approximate surface area is 227 Å². The molecule has 0 aliphatic rings. The summed E-state index contributed by atoms with van der Waals surface area (Å²) in [5.41, 5.74) is -4.89. The number of nitrogens with zero attached hydrogens (tertiary/aromatic N) is 1. The minimum absolute atomic E-state index is 0.344. The van der Waals surface area contributed by atoms with Crippen LogP contribution in [0, 0.1) is 0 Å². The fourth-order valence-electron chi connectivity index (χ4n) is 4.80. The average Bonchev–Trinajstić information content (AvgIpc) is 2.97. The van der Waals surface area contributed by atoms with E-state index in [1.54, 1.807) is 0 Å². The number of halogens is 3. The molecule has 0 bridgehead atoms. The Morgan fingerprint density at radius 2 is 1.10 bits per heavy atom. The molecule has 39 heavy (non-hydrogen) atoms. The van der Waals surface area contributed by atoms with Crippen LogP contribution in [0.5, 0.6) is 0 Å². The topological polar surface area (TPSA) is 74.5 Å². The Kier molecular flexibility index (Phi) is 6.63. The summed E-state index contributed by atoms with van der Waals surface area (Å²) >= 11 is 0. The van der Waals surface area contributed by atoms with Crippen molar-refractivity contribution in [2.75, 3.05) is 0 Å². The highest BCUT2D eigenvalue weighted by Crippen LogP contribution is 2.47. The lowest BCUT2D eigenvalue weighted by Crippen LogP contribution is -2.38. The molecule has 0 spiro atoms. The van der Waals surface area contributed by atoms with Crippen molar-refractivity contribution in [1.82, 2.24) is 0 Å². The van der Waals surface area contributed by atoms with Crippen LogP contribution in [0.4, 0.5) is 13.2 Å². The van der Waals surface area contributed by atoms with E-state index < -0.39 is 39.8 Å². The molecule has 206 valence electrons. The molecule has 1 aromatic heterocycles. The number of sulfonamides is 1. The Morgan fingerprint density at radius 3 is 1.46 bits per heavy atom. The summed E-state index contributed by atoms with van der Waals surface area (Å²) < 4.78 is 80.5. The van der Waals surface area contributed by atoms with E-state index in [0.29, 0.717) is 21.9 Å². The van der Waals surface area contributed by atoms with Crippen LogP contribution in [0.3, 0.4) is 0 Å². The van der Waals surface area contributed by atoms with E-state index in [-0.39, 0.29) is 0 Å². The molecular weight excluding hydrogens is 579 g/mol. The molecule has 0 radical (unpaired) electrons. The van der Waals surface area contributed by atoms with Crippen molar-refractivity contribution in [1.29, 1.82) is 0 Å². The molecule has 0 unspecified atom stereocenters. The Balaban J connectivity index is 2.17. The molecule has 5 nitrogen and oxygen atoms in total. The monoisotopic (exact) mass is 606 g/mol. The van der Waals surface area contributed by atoms with Gasteiger partial charge in [0.25, 0.3) is 0 Å². The lowest BCUT2D eigenvalue weighted by Gasteiger charge is -2.21. The van der Waals surface area contributed by atoms with Crippen LogP contribution < -0.4 is 10.4 Å². The summed E-state index contributed by atoms with van der Waals surface area (Å²) in [4.78, 5) is 0. The van der Waals surface area contributed by atoms with Gasteiger partial charge in [0.05, 0.1) is 16.1 Å². The molecule has 0 N–H and O–H groups in total. The second-order valence-electron chi connectivity index (χ2n) is 11.6. The van der Waals surface area contributed by atoms with Crippen LogP contribution in [-0.4, -0.2) is 30.1 Å². The second kappa shape index (κ2) is 9.24. The van der Waals surface area contributed by atoms with E-state index in [1.807, 2.05) is 60.7 Å². The Morgan fingerprint density at radius 1 is 0.718 bits per heavy atom. The summed E-state index contributed by atoms with van der Waals surface area (Å²) in [5.74, 6) is 0. The van der Waals surface area contributed by atoms with Gasteiger partial charge in [0, 0.05) is 10.8 Å². The van der Waals surface area contributed by atoms with Gasteiger partial charge in [-0.15, -0.1) is 0 Å². The van der Waals surface area contributed by atoms with Crippen molar-refractivity contribution in [3.05, 3.63) is 65.2 Å². The number of alkyl halides is 3. The zero-order valence-electron chi connectivity index (χ0n) is 22.3. The van der Waals surface area contributed by atoms with Crippen LogP contribution in [0.1, 0.15) is 0 Å². The molecule has 0 amide bonds. The fraction of sp³-hybridized carbons (Fsp3) is 0.259. The van der Waals surface area contributed by atoms with Crippen LogP contribution in [0.25, 0.3) is 48.0 Å². The first kappa shape index (κ1) is 28.0. The number of benzene rings is 4. The van der Waals surface area contributed by atoms with Crippen molar-refractivity contribution >= 4 is 88.2 Å². The lowest BCUT2D eigenvalue weighted by atomic mass is 9.98. The third kappa shape index (κ3) is 4.95. The molecule has 0 aliphatic carbocycles. The smallest absolute Gasteiger partial charge is 0.434 e. The predicted molar refractivity (Wildman–Crippen MR) is 161 cm³/mol. The van der Waals surface area contributed by atoms with E-state index in [4.69, 9.17) is 8.39 Å². The highest BCUT2D eigenvalue weighted by molar-refractivity contribution is 8.00. The van der Waals surface area contributed by atoms with Gasteiger partial charge in [0.1, 0.15) is 19.3 Å². The largest absolute Gasteiger partial charge is 0.480 e. The van der Waals surface area contributed by atoms with Gasteiger partial charge in [0.2, 0.25) is 0 Å². The van der Waals surface area contributed by atoms with Crippen molar-refractivity contribution < 1.29 is 30.0 Å². The van der Waals surface area contributed by atoms with E-state index in [2.05, 4.69) is 43.8 Å². The molecule has 5 aromatic rings. The maximum Gasteiger partial charge on any atom is 0.480 e. The van der Waals surface area contributed by atoms with E-state index in [0.717, 1.165) is 31.9 Å². The molecule has 0 fully saturated rings. The van der Waals surface area contributed by atoms with Crippen LogP contribution in [0.15, 0.2) is 69.1 Å². The fourth-order valence-corrected chi connectivity index (χ4v) is 9.93. The first-order valence-electron chi connectivity index (χ1n) is 12.3. The van der Waals surface area contributed by atoms with Gasteiger partial charge in [-0.2, -0.15) is 13.2 Å². The molecule has 4 aromatic carbocycles. The van der Waals surface area contributed by atoms with Crippen LogP contribution in [-0.2, 0) is 10.0 Å². The number of rotatable bonds is 4. The highest BCUT2D eigenvalue weighted by atomic mass is 32.2. The van der Waals surface area contributed by atoms with Crippen molar-refractivity contribution in [3.63, 3.8) is 0 Å². The van der Waals surface area contributed by atoms with Crippen molar-refractivity contribution in [3.8, 4) is 0 Å². The second-order valence-corrected chi connectivity index (χ2v) is 24.6. The first-order chi connectivity index (χ1) is 18.0. The number of hydrogen-bond acceptors (Lipinski definition) is 4. The van der Waals surface area contributed by atoms with Gasteiger partial charge >= 0.3 is 5.51 Å². The predicted octanol–water partition coefficient (Wildman–Crippen LogP) is 8.67. The Hall–Kier alpha value is -2.57. The minimum Gasteiger partial charge on any atom is -0.434 e. The number of fused-ring (bicyclic) bond motifs is 7. The molecule has 12 heteroatoms. The lowest BCUT2D eigenvalue weighted by molar-refractivity contribution is -0.0425. The van der Waals surface area contributed by atoms with Gasteiger partial charge in [-0.05, 0) is 31.9 Å². The van der Waals surface area contributed by atoms with Gasteiger partial charge in [0.15, 0.2) is 10.0 Å². The molecule has 0 saturated heterocycles. The summed E-state index contributed by atoms with van der Waals surface area (Å²) in [6.45, 7) is 12.6. The zero-order valence-corrected chi connectivity index (χ0v) is 26.1. The van der Waals surface area contributed by atoms with Gasteiger partial charge in [-0.25, -0.2) is 8.42 Å². The molecule has 0 saturated carbocycles. The minimum atomic E-state index is -5.87. The van der Waals surface area contributed by atoms with Crippen molar-refractivity contribution in [2.24, 2.45) is 0 Å². The van der Waals surface area contributed by atoms with Crippen LogP contribution in [0.2, 0.25) is 39.3 Å². The molecule has 0 atom stereocenters. The van der Waals surface area contributed by atoms with Gasteiger partial charge in [-0.3, -0.25) is 0 Å². The molecule has 0 aliphatic heterocycles. The standard InChI is InChI=1S/C27H28F3NO4PSSi2/c1-38(2,3)21-15-17-11-7-9-13-19(17)23-24-20-14-10-8-12-18(20)16-22(39(4,5)6)26(24)35-36(34-25(21)23)31-37(32,33)27(28,29)30/h7-16H,1-6H3/q-1. The normalized spacial score (nSPS) is 13.6. The average molecular weight is 607 g/mol. The van der Waals surface area contributed by atoms with Crippen molar-refractivity contribution in [2.45, 2.75) is 44.8 Å². The van der Waals surface area contributed by atoms with Crippen LogP contribution >= 0.6 is 8.16 Å². The van der Waals surface area contributed by atoms with E-state index in [1.165, 1.54) is 0 Å². The highest BCUT2D eigenvalue weighted by Gasteiger charge is 2.39. The SMILES string of the molecule is C[Si](C)(C)c1cc2ccccc2c2c1op([N-]S(=O)(=O)C(F)(F)F)oc1c([Si](C)(C)C)cc3ccccc3c12. The number of hydrogen-bond donors (Lipinski definition) is 0.